The quantitative estimate of drug-likeness (QED) is 0.308. The number of hydrogen-bond acceptors (Lipinski definition) is 1. The van der Waals surface area contributed by atoms with Gasteiger partial charge in [-0.2, -0.15) is 5.26 Å². The van der Waals surface area contributed by atoms with E-state index < -0.39 is 0 Å². The highest BCUT2D eigenvalue weighted by Crippen LogP contribution is 2.39. The monoisotopic (exact) mass is 429 g/mol. The Balaban J connectivity index is 1.46. The molecule has 1 fully saturated rings. The van der Waals surface area contributed by atoms with Crippen LogP contribution in [0.3, 0.4) is 0 Å². The van der Waals surface area contributed by atoms with Crippen LogP contribution >= 0.6 is 0 Å². The van der Waals surface area contributed by atoms with Gasteiger partial charge in [0.15, 0.2) is 0 Å². The Morgan fingerprint density at radius 3 is 1.97 bits per heavy atom. The number of hydrogen-bond donors (Lipinski definition) is 0. The van der Waals surface area contributed by atoms with Gasteiger partial charge in [-0.15, -0.1) is 0 Å². The van der Waals surface area contributed by atoms with E-state index in [0.717, 1.165) is 18.8 Å². The van der Waals surface area contributed by atoms with Crippen molar-refractivity contribution in [2.45, 2.75) is 103 Å². The largest absolute Gasteiger partial charge is 0.198 e. The molecule has 0 heterocycles. The molecular weight excluding hydrogens is 386 g/mol. The molecule has 1 heteroatoms. The lowest BCUT2D eigenvalue weighted by Gasteiger charge is -2.29. The third kappa shape index (κ3) is 7.51. The fraction of sp³-hybridized carbons (Fsp3) is 0.581. The van der Waals surface area contributed by atoms with E-state index in [4.69, 9.17) is 0 Å². The third-order valence-electron chi connectivity index (χ3n) is 7.63. The summed E-state index contributed by atoms with van der Waals surface area (Å²) >= 11 is 0. The molecule has 0 aromatic heterocycles. The molecule has 1 unspecified atom stereocenters. The van der Waals surface area contributed by atoms with E-state index in [1.165, 1.54) is 92.9 Å². The number of nitrogens with zero attached hydrogens (tertiary/aromatic N) is 1. The first-order valence-corrected chi connectivity index (χ1v) is 13.3. The first-order chi connectivity index (χ1) is 15.7. The summed E-state index contributed by atoms with van der Waals surface area (Å²) in [6.45, 7) is 4.42. The Morgan fingerprint density at radius 1 is 0.781 bits per heavy atom. The van der Waals surface area contributed by atoms with E-state index in [1.54, 1.807) is 0 Å². The molecule has 172 valence electrons. The molecule has 1 saturated carbocycles. The number of nitriles is 1. The standard InChI is InChI=1S/C31H43N/c1-3-5-6-7-8-9-10-26-11-15-28(16-12-26)30-19-21-31(22-20-30)29-17-13-27(14-18-29)23-25(4-2)24-32/h11-12,15-16,19-22,25,27,29H,3-10,13-14,17-18,23H2,1-2H3/t25?,27-,29-. The maximum Gasteiger partial charge on any atom is 0.0655 e. The van der Waals surface area contributed by atoms with E-state index in [1.807, 2.05) is 0 Å². The van der Waals surface area contributed by atoms with Gasteiger partial charge in [-0.25, -0.2) is 0 Å². The Morgan fingerprint density at radius 2 is 1.38 bits per heavy atom. The summed E-state index contributed by atoms with van der Waals surface area (Å²) < 4.78 is 0. The minimum absolute atomic E-state index is 0.257. The Hall–Kier alpha value is -2.07. The summed E-state index contributed by atoms with van der Waals surface area (Å²) in [5, 5.41) is 9.25. The Kier molecular flexibility index (Phi) is 10.3. The minimum Gasteiger partial charge on any atom is -0.198 e. The van der Waals surface area contributed by atoms with Crippen LogP contribution in [0.2, 0.25) is 0 Å². The van der Waals surface area contributed by atoms with E-state index in [9.17, 15) is 5.26 Å². The number of rotatable bonds is 12. The van der Waals surface area contributed by atoms with E-state index in [-0.39, 0.29) is 5.92 Å². The van der Waals surface area contributed by atoms with Crippen LogP contribution < -0.4 is 0 Å². The Bertz CT molecular complexity index is 803. The highest BCUT2D eigenvalue weighted by molar-refractivity contribution is 5.64. The second-order valence-electron chi connectivity index (χ2n) is 10.0. The molecule has 1 nitrogen and oxygen atoms in total. The van der Waals surface area contributed by atoms with Gasteiger partial charge in [0.1, 0.15) is 0 Å². The normalized spacial score (nSPS) is 19.4. The zero-order valence-electron chi connectivity index (χ0n) is 20.5. The Labute approximate surface area is 197 Å². The lowest BCUT2D eigenvalue weighted by atomic mass is 9.75. The maximum absolute atomic E-state index is 9.25. The van der Waals surface area contributed by atoms with Gasteiger partial charge < -0.3 is 0 Å². The second kappa shape index (κ2) is 13.5. The van der Waals surface area contributed by atoms with E-state index >= 15 is 0 Å². The molecule has 2 aromatic carbocycles. The lowest BCUT2D eigenvalue weighted by molar-refractivity contribution is 0.286. The number of benzene rings is 2. The van der Waals surface area contributed by atoms with Crippen molar-refractivity contribution in [1.82, 2.24) is 0 Å². The highest BCUT2D eigenvalue weighted by Gasteiger charge is 2.24. The van der Waals surface area contributed by atoms with Gasteiger partial charge >= 0.3 is 0 Å². The van der Waals surface area contributed by atoms with Gasteiger partial charge in [-0.05, 0) is 85.5 Å². The lowest BCUT2D eigenvalue weighted by Crippen LogP contribution is -2.16. The first-order valence-electron chi connectivity index (χ1n) is 13.3. The average Bonchev–Trinajstić information content (AvgIpc) is 2.85. The molecule has 0 N–H and O–H groups in total. The molecule has 0 bridgehead atoms. The first kappa shape index (κ1) is 24.6. The van der Waals surface area contributed by atoms with Gasteiger partial charge in [0.25, 0.3) is 0 Å². The van der Waals surface area contributed by atoms with E-state index in [2.05, 4.69) is 68.4 Å². The van der Waals surface area contributed by atoms with Crippen LogP contribution in [-0.2, 0) is 6.42 Å². The van der Waals surface area contributed by atoms with Crippen LogP contribution in [-0.4, -0.2) is 0 Å². The van der Waals surface area contributed by atoms with Gasteiger partial charge in [-0.1, -0.05) is 94.5 Å². The summed E-state index contributed by atoms with van der Waals surface area (Å²) in [6, 6.07) is 21.1. The van der Waals surface area contributed by atoms with Crippen molar-refractivity contribution in [1.29, 1.82) is 5.26 Å². The SMILES string of the molecule is CCCCCCCCc1ccc(-c2ccc([C@H]3CC[C@H](CC(C#N)CC)CC3)cc2)cc1. The van der Waals surface area contributed by atoms with Gasteiger partial charge in [0, 0.05) is 5.92 Å². The molecule has 0 radical (unpaired) electrons. The topological polar surface area (TPSA) is 23.8 Å². The summed E-state index contributed by atoms with van der Waals surface area (Å²) in [5.41, 5.74) is 5.63. The molecule has 32 heavy (non-hydrogen) atoms. The molecular formula is C31H43N. The fourth-order valence-corrected chi connectivity index (χ4v) is 5.37. The number of aryl methyl sites for hydroxylation is 1. The zero-order chi connectivity index (χ0) is 22.6. The molecule has 1 aliphatic rings. The molecule has 1 atom stereocenters. The predicted molar refractivity (Wildman–Crippen MR) is 138 cm³/mol. The molecule has 0 saturated heterocycles. The molecule has 2 aromatic rings. The van der Waals surface area contributed by atoms with Crippen molar-refractivity contribution >= 4 is 0 Å². The average molecular weight is 430 g/mol. The van der Waals surface area contributed by atoms with Crippen LogP contribution in [0.5, 0.6) is 0 Å². The molecule has 3 rings (SSSR count). The van der Waals surface area contributed by atoms with Crippen molar-refractivity contribution in [2.75, 3.05) is 0 Å². The van der Waals surface area contributed by atoms with Crippen molar-refractivity contribution in [3.8, 4) is 17.2 Å². The number of unbranched alkanes of at least 4 members (excludes halogenated alkanes) is 5. The van der Waals surface area contributed by atoms with Gasteiger partial charge in [0.05, 0.1) is 6.07 Å². The van der Waals surface area contributed by atoms with Crippen LogP contribution in [0.15, 0.2) is 48.5 Å². The van der Waals surface area contributed by atoms with Crippen LogP contribution in [0.25, 0.3) is 11.1 Å². The zero-order valence-corrected chi connectivity index (χ0v) is 20.5. The summed E-state index contributed by atoms with van der Waals surface area (Å²) in [6.07, 6.45) is 16.6. The van der Waals surface area contributed by atoms with Gasteiger partial charge in [0.2, 0.25) is 0 Å². The van der Waals surface area contributed by atoms with Crippen LogP contribution in [0.4, 0.5) is 0 Å². The van der Waals surface area contributed by atoms with Crippen molar-refractivity contribution in [2.24, 2.45) is 11.8 Å². The van der Waals surface area contributed by atoms with Crippen LogP contribution in [0, 0.1) is 23.2 Å². The molecule has 1 aliphatic carbocycles. The fourth-order valence-electron chi connectivity index (χ4n) is 5.37. The minimum atomic E-state index is 0.257. The summed E-state index contributed by atoms with van der Waals surface area (Å²) in [5.74, 6) is 1.71. The maximum atomic E-state index is 9.25. The van der Waals surface area contributed by atoms with Gasteiger partial charge in [-0.3, -0.25) is 0 Å². The molecule has 0 aliphatic heterocycles. The van der Waals surface area contributed by atoms with Crippen molar-refractivity contribution < 1.29 is 0 Å². The summed E-state index contributed by atoms with van der Waals surface area (Å²) in [7, 11) is 0. The third-order valence-corrected chi connectivity index (χ3v) is 7.63. The molecule has 0 amide bonds. The van der Waals surface area contributed by atoms with Crippen molar-refractivity contribution in [3.63, 3.8) is 0 Å². The van der Waals surface area contributed by atoms with E-state index in [0.29, 0.717) is 5.92 Å². The highest BCUT2D eigenvalue weighted by atomic mass is 14.3. The molecule has 0 spiro atoms. The predicted octanol–water partition coefficient (Wildman–Crippen LogP) is 9.47. The van der Waals surface area contributed by atoms with Crippen LogP contribution in [0.1, 0.15) is 108 Å². The van der Waals surface area contributed by atoms with Crippen molar-refractivity contribution in [3.05, 3.63) is 59.7 Å². The smallest absolute Gasteiger partial charge is 0.0655 e. The summed E-state index contributed by atoms with van der Waals surface area (Å²) in [4.78, 5) is 0. The second-order valence-corrected chi connectivity index (χ2v) is 10.0.